The first-order valence-electron chi connectivity index (χ1n) is 9.23. The summed E-state index contributed by atoms with van der Waals surface area (Å²) in [6.07, 6.45) is 0. The molecular weight excluding hydrogens is 350 g/mol. The standard InChI is InChI=1S/C24H21NO3/c1-14-8-11-22(28-3)20(12-14)15(2)25-24(27)16-9-10-18-17-6-4-5-7-19(17)23(26)21(18)13-16/h4-13,15H,1-3H3,(H,25,27). The zero-order chi connectivity index (χ0) is 19.8. The lowest BCUT2D eigenvalue weighted by Crippen LogP contribution is -2.27. The lowest BCUT2D eigenvalue weighted by Gasteiger charge is -2.18. The second-order valence-electron chi connectivity index (χ2n) is 7.08. The summed E-state index contributed by atoms with van der Waals surface area (Å²) >= 11 is 0. The van der Waals surface area contributed by atoms with Crippen LogP contribution in [0.3, 0.4) is 0 Å². The van der Waals surface area contributed by atoms with Gasteiger partial charge in [0, 0.05) is 22.3 Å². The normalized spacial score (nSPS) is 12.9. The van der Waals surface area contributed by atoms with E-state index in [1.54, 1.807) is 19.2 Å². The zero-order valence-corrected chi connectivity index (χ0v) is 16.1. The molecule has 4 heteroatoms. The molecule has 4 nitrogen and oxygen atoms in total. The van der Waals surface area contributed by atoms with Gasteiger partial charge in [-0.1, -0.05) is 48.0 Å². The van der Waals surface area contributed by atoms with Crippen molar-refractivity contribution in [1.29, 1.82) is 0 Å². The highest BCUT2D eigenvalue weighted by atomic mass is 16.5. The molecule has 0 aromatic heterocycles. The number of rotatable bonds is 4. The number of benzene rings is 3. The summed E-state index contributed by atoms with van der Waals surface area (Å²) < 4.78 is 5.42. The van der Waals surface area contributed by atoms with Gasteiger partial charge in [0.25, 0.3) is 5.91 Å². The molecule has 1 aliphatic rings. The average Bonchev–Trinajstić information content (AvgIpc) is 3.00. The van der Waals surface area contributed by atoms with Gasteiger partial charge >= 0.3 is 0 Å². The van der Waals surface area contributed by atoms with E-state index >= 15 is 0 Å². The van der Waals surface area contributed by atoms with Crippen LogP contribution in [0.1, 0.15) is 50.4 Å². The van der Waals surface area contributed by atoms with Crippen LogP contribution in [0.25, 0.3) is 11.1 Å². The van der Waals surface area contributed by atoms with Crippen molar-refractivity contribution in [1.82, 2.24) is 5.32 Å². The third-order valence-electron chi connectivity index (χ3n) is 5.19. The predicted octanol–water partition coefficient (Wildman–Crippen LogP) is 4.71. The molecule has 0 spiro atoms. The lowest BCUT2D eigenvalue weighted by atomic mass is 10.0. The van der Waals surface area contributed by atoms with E-state index in [1.807, 2.05) is 62.4 Å². The van der Waals surface area contributed by atoms with Gasteiger partial charge in [-0.2, -0.15) is 0 Å². The van der Waals surface area contributed by atoms with Crippen molar-refractivity contribution in [3.05, 3.63) is 88.5 Å². The predicted molar refractivity (Wildman–Crippen MR) is 109 cm³/mol. The van der Waals surface area contributed by atoms with E-state index in [-0.39, 0.29) is 17.7 Å². The molecule has 0 saturated heterocycles. The fraction of sp³-hybridized carbons (Fsp3) is 0.167. The summed E-state index contributed by atoms with van der Waals surface area (Å²) in [5.41, 5.74) is 5.55. The molecule has 0 saturated carbocycles. The second-order valence-corrected chi connectivity index (χ2v) is 7.08. The topological polar surface area (TPSA) is 55.4 Å². The maximum Gasteiger partial charge on any atom is 0.251 e. The first-order chi connectivity index (χ1) is 13.5. The SMILES string of the molecule is COc1ccc(C)cc1C(C)NC(=O)c1ccc2c(c1)C(=O)c1ccccc1-2. The summed E-state index contributed by atoms with van der Waals surface area (Å²) in [7, 11) is 1.62. The van der Waals surface area contributed by atoms with Gasteiger partial charge in [-0.15, -0.1) is 0 Å². The van der Waals surface area contributed by atoms with Gasteiger partial charge in [0.05, 0.1) is 13.2 Å². The molecule has 0 bridgehead atoms. The third kappa shape index (κ3) is 2.97. The van der Waals surface area contributed by atoms with Crippen molar-refractivity contribution in [3.8, 4) is 16.9 Å². The molecule has 1 unspecified atom stereocenters. The summed E-state index contributed by atoms with van der Waals surface area (Å²) in [5, 5.41) is 3.01. The molecule has 140 valence electrons. The molecule has 0 aliphatic heterocycles. The van der Waals surface area contributed by atoms with Crippen LogP contribution in [0.2, 0.25) is 0 Å². The molecule has 0 heterocycles. The van der Waals surface area contributed by atoms with Crippen LogP contribution >= 0.6 is 0 Å². The van der Waals surface area contributed by atoms with E-state index < -0.39 is 0 Å². The van der Waals surface area contributed by atoms with Crippen molar-refractivity contribution in [2.75, 3.05) is 7.11 Å². The zero-order valence-electron chi connectivity index (χ0n) is 16.1. The Bertz CT molecular complexity index is 1100. The molecule has 0 fully saturated rings. The summed E-state index contributed by atoms with van der Waals surface area (Å²) in [6, 6.07) is 18.5. The first-order valence-corrected chi connectivity index (χ1v) is 9.23. The molecule has 1 atom stereocenters. The van der Waals surface area contributed by atoms with E-state index in [1.165, 1.54) is 0 Å². The van der Waals surface area contributed by atoms with Crippen LogP contribution in [0.4, 0.5) is 0 Å². The van der Waals surface area contributed by atoms with Crippen molar-refractivity contribution >= 4 is 11.7 Å². The molecule has 4 rings (SSSR count). The summed E-state index contributed by atoms with van der Waals surface area (Å²) in [4.78, 5) is 25.5. The average molecular weight is 371 g/mol. The van der Waals surface area contributed by atoms with E-state index in [9.17, 15) is 9.59 Å². The fourth-order valence-electron chi connectivity index (χ4n) is 3.72. The number of amides is 1. The molecule has 1 N–H and O–H groups in total. The Kier molecular flexibility index (Phi) is 4.47. The largest absolute Gasteiger partial charge is 0.496 e. The number of hydrogen-bond donors (Lipinski definition) is 1. The maximum atomic E-state index is 12.8. The van der Waals surface area contributed by atoms with Crippen LogP contribution in [-0.4, -0.2) is 18.8 Å². The molecule has 1 aliphatic carbocycles. The highest BCUT2D eigenvalue weighted by molar-refractivity contribution is 6.22. The van der Waals surface area contributed by atoms with Crippen molar-refractivity contribution in [2.24, 2.45) is 0 Å². The van der Waals surface area contributed by atoms with Crippen LogP contribution in [0.5, 0.6) is 5.75 Å². The molecular formula is C24H21NO3. The van der Waals surface area contributed by atoms with Crippen molar-refractivity contribution < 1.29 is 14.3 Å². The van der Waals surface area contributed by atoms with E-state index in [4.69, 9.17) is 4.74 Å². The van der Waals surface area contributed by atoms with Crippen molar-refractivity contribution in [3.63, 3.8) is 0 Å². The quantitative estimate of drug-likeness (QED) is 0.565. The highest BCUT2D eigenvalue weighted by Crippen LogP contribution is 2.36. The molecule has 28 heavy (non-hydrogen) atoms. The monoisotopic (exact) mass is 371 g/mol. The number of ether oxygens (including phenoxy) is 1. The van der Waals surface area contributed by atoms with Crippen LogP contribution in [-0.2, 0) is 0 Å². The van der Waals surface area contributed by atoms with Crippen LogP contribution < -0.4 is 10.1 Å². The molecule has 1 amide bonds. The molecule has 3 aromatic rings. The number of ketones is 1. The Morgan fingerprint density at radius 3 is 2.39 bits per heavy atom. The lowest BCUT2D eigenvalue weighted by molar-refractivity contribution is 0.0939. The van der Waals surface area contributed by atoms with Gasteiger partial charge < -0.3 is 10.1 Å². The van der Waals surface area contributed by atoms with Crippen LogP contribution in [0.15, 0.2) is 60.7 Å². The second kappa shape index (κ2) is 6.97. The van der Waals surface area contributed by atoms with Crippen molar-refractivity contribution in [2.45, 2.75) is 19.9 Å². The minimum absolute atomic E-state index is 0.0337. The summed E-state index contributed by atoms with van der Waals surface area (Å²) in [5.74, 6) is 0.481. The molecule has 3 aromatic carbocycles. The third-order valence-corrected chi connectivity index (χ3v) is 5.19. The van der Waals surface area contributed by atoms with Gasteiger partial charge in [0.2, 0.25) is 0 Å². The minimum Gasteiger partial charge on any atom is -0.496 e. The van der Waals surface area contributed by atoms with Gasteiger partial charge in [0.1, 0.15) is 5.75 Å². The van der Waals surface area contributed by atoms with Gasteiger partial charge in [-0.05, 0) is 43.2 Å². The Hall–Kier alpha value is -3.40. The highest BCUT2D eigenvalue weighted by Gasteiger charge is 2.27. The Balaban J connectivity index is 1.61. The smallest absolute Gasteiger partial charge is 0.251 e. The van der Waals surface area contributed by atoms with Gasteiger partial charge in [-0.25, -0.2) is 0 Å². The molecule has 0 radical (unpaired) electrons. The van der Waals surface area contributed by atoms with Crippen LogP contribution in [0, 0.1) is 6.92 Å². The Morgan fingerprint density at radius 1 is 0.929 bits per heavy atom. The number of nitrogens with one attached hydrogen (secondary N) is 1. The number of carbonyl (C=O) groups excluding carboxylic acids is 2. The van der Waals surface area contributed by atoms with Gasteiger partial charge in [-0.3, -0.25) is 9.59 Å². The maximum absolute atomic E-state index is 12.8. The number of hydrogen-bond acceptors (Lipinski definition) is 3. The summed E-state index contributed by atoms with van der Waals surface area (Å²) in [6.45, 7) is 3.92. The van der Waals surface area contributed by atoms with E-state index in [0.29, 0.717) is 16.7 Å². The first kappa shape index (κ1) is 18.0. The number of fused-ring (bicyclic) bond motifs is 3. The number of methoxy groups -OCH3 is 1. The fourth-order valence-corrected chi connectivity index (χ4v) is 3.72. The Labute approximate surface area is 164 Å². The van der Waals surface area contributed by atoms with E-state index in [2.05, 4.69) is 5.32 Å². The number of carbonyl (C=O) groups is 2. The van der Waals surface area contributed by atoms with E-state index in [0.717, 1.165) is 28.0 Å². The minimum atomic E-state index is -0.233. The Morgan fingerprint density at radius 2 is 1.64 bits per heavy atom. The van der Waals surface area contributed by atoms with Gasteiger partial charge in [0.15, 0.2) is 5.78 Å². The number of aryl methyl sites for hydroxylation is 1.